The molecule has 0 bridgehead atoms. The van der Waals surface area contributed by atoms with Gasteiger partial charge in [-0.2, -0.15) is 18.2 Å². The fraction of sp³-hybridized carbons (Fsp3) is 0.0962. The molecule has 6 aromatic carbocycles. The minimum absolute atomic E-state index is 0. The number of ether oxygens (including phenoxy) is 1. The first kappa shape index (κ1) is 26.4. The zero-order valence-corrected chi connectivity index (χ0v) is 34.1. The molecule has 0 saturated carbocycles. The van der Waals surface area contributed by atoms with Crippen molar-refractivity contribution in [2.24, 2.45) is 5.41 Å². The molecule has 0 unspecified atom stereocenters. The molecule has 0 atom stereocenters. The summed E-state index contributed by atoms with van der Waals surface area (Å²) in [5.41, 5.74) is 3.42. The van der Waals surface area contributed by atoms with Crippen LogP contribution < -0.4 is 9.30 Å². The van der Waals surface area contributed by atoms with Crippen LogP contribution in [0.4, 0.5) is 0 Å². The van der Waals surface area contributed by atoms with E-state index in [2.05, 4.69) is 28.4 Å². The summed E-state index contributed by atoms with van der Waals surface area (Å²) in [5, 5.41) is 0.775. The normalized spacial score (nSPS) is 14.7. The van der Waals surface area contributed by atoms with Crippen LogP contribution in [0.25, 0.3) is 72.4 Å². The van der Waals surface area contributed by atoms with Gasteiger partial charge in [0.2, 0.25) is 0 Å². The van der Waals surface area contributed by atoms with Gasteiger partial charge in [0.25, 0.3) is 6.33 Å². The number of para-hydroxylation sites is 3. The number of hydrogen-bond acceptors (Lipinski definition) is 3. The quantitative estimate of drug-likeness (QED) is 0.113. The van der Waals surface area contributed by atoms with Gasteiger partial charge in [-0.1, -0.05) is 135 Å². The van der Waals surface area contributed by atoms with E-state index in [1.807, 2.05) is 55.7 Å². The summed E-state index contributed by atoms with van der Waals surface area (Å²) in [4.78, 5) is 9.35. The van der Waals surface area contributed by atoms with Gasteiger partial charge < -0.3 is 13.9 Å². The van der Waals surface area contributed by atoms with Gasteiger partial charge in [-0.05, 0) is 69.6 Å². The van der Waals surface area contributed by atoms with E-state index in [0.29, 0.717) is 50.6 Å². The van der Waals surface area contributed by atoms with Gasteiger partial charge >= 0.3 is 0 Å². The minimum Gasteiger partial charge on any atom is -0.510 e. The van der Waals surface area contributed by atoms with Gasteiger partial charge in [-0.3, -0.25) is 9.55 Å². The van der Waals surface area contributed by atoms with Crippen molar-refractivity contribution >= 4 is 33.0 Å². The largest absolute Gasteiger partial charge is 0.510 e. The third kappa shape index (κ3) is 7.26. The summed E-state index contributed by atoms with van der Waals surface area (Å²) in [6, 6.07) is 29.3. The molecule has 4 heterocycles. The van der Waals surface area contributed by atoms with E-state index in [0.717, 1.165) is 10.9 Å². The Labute approximate surface area is 375 Å². The number of hydrogen-bond donors (Lipinski definition) is 0. The monoisotopic (exact) mass is 956 g/mol. The standard InChI is InChI=1S/C52H39N5O.Pt/c1-52(2,3)34-36-28-30-53-49(31-36)57-47-25-14-29-54-50(47)44-27-26-41(33-48(44)57)58-40-20-12-19-39(32-40)55-35-56(46-24-11-10-23-45(46)55)51-42(37-15-6-4-7-16-37)21-13-22-43(51)38-17-8-5-9-18-38;/h4-31H,34H2,1-3H3;/q-2;/i4D,5D,6D,7D,8D,9D,15D,16D,17D,18D,34D2;. The number of nitrogens with zero attached hydrogens (tertiary/aromatic N) is 5. The molecule has 6 nitrogen and oxygen atoms in total. The third-order valence-corrected chi connectivity index (χ3v) is 9.47. The number of pyridine rings is 2. The maximum Gasteiger partial charge on any atom is 0.268 e. The van der Waals surface area contributed by atoms with Crippen molar-refractivity contribution < 1.29 is 46.8 Å². The van der Waals surface area contributed by atoms with Crippen molar-refractivity contribution in [2.75, 3.05) is 0 Å². The Morgan fingerprint density at radius 1 is 0.712 bits per heavy atom. The molecular weight excluding hydrogens is 906 g/mol. The molecule has 0 spiro atoms. The predicted octanol–water partition coefficient (Wildman–Crippen LogP) is 11.9. The summed E-state index contributed by atoms with van der Waals surface area (Å²) in [7, 11) is 0. The van der Waals surface area contributed by atoms with Crippen LogP contribution in [-0.2, 0) is 27.4 Å². The second kappa shape index (κ2) is 15.6. The maximum absolute atomic E-state index is 8.99. The smallest absolute Gasteiger partial charge is 0.268 e. The fourth-order valence-electron chi connectivity index (χ4n) is 7.19. The molecule has 0 amide bonds. The molecule has 0 fully saturated rings. The van der Waals surface area contributed by atoms with Crippen LogP contribution in [-0.4, -0.2) is 19.1 Å². The number of rotatable bonds is 8. The first-order valence-electron chi connectivity index (χ1n) is 24.5. The van der Waals surface area contributed by atoms with Crippen LogP contribution in [0.1, 0.15) is 42.8 Å². The number of fused-ring (bicyclic) bond motifs is 4. The van der Waals surface area contributed by atoms with Gasteiger partial charge in [0.1, 0.15) is 5.82 Å². The second-order valence-electron chi connectivity index (χ2n) is 14.5. The molecule has 4 aromatic heterocycles. The zero-order valence-electron chi connectivity index (χ0n) is 43.9. The molecular formula is C52H39N5OPt-2. The van der Waals surface area contributed by atoms with Crippen molar-refractivity contribution in [3.63, 3.8) is 0 Å². The molecule has 0 aliphatic carbocycles. The van der Waals surface area contributed by atoms with Gasteiger partial charge in [0, 0.05) is 53.2 Å². The van der Waals surface area contributed by atoms with Crippen LogP contribution in [0, 0.1) is 23.9 Å². The summed E-state index contributed by atoms with van der Waals surface area (Å²) < 4.78 is 116. The predicted molar refractivity (Wildman–Crippen MR) is 232 cm³/mol. The number of imidazole rings is 1. The van der Waals surface area contributed by atoms with Crippen molar-refractivity contribution in [3.05, 3.63) is 194 Å². The van der Waals surface area contributed by atoms with Crippen LogP contribution in [0.5, 0.6) is 11.5 Å². The Morgan fingerprint density at radius 2 is 1.41 bits per heavy atom. The number of aromatic nitrogens is 5. The van der Waals surface area contributed by atoms with E-state index in [1.54, 1.807) is 88.3 Å². The van der Waals surface area contributed by atoms with Gasteiger partial charge in [0.05, 0.1) is 35.9 Å². The Bertz CT molecular complexity index is 3670. The summed E-state index contributed by atoms with van der Waals surface area (Å²) in [6.07, 6.45) is 4.99. The second-order valence-corrected chi connectivity index (χ2v) is 14.5. The Balaban J connectivity index is 0.00000624. The molecule has 59 heavy (non-hydrogen) atoms. The average Bonchev–Trinajstić information content (AvgIpc) is 3.90. The van der Waals surface area contributed by atoms with E-state index >= 15 is 0 Å². The molecule has 0 aliphatic heterocycles. The van der Waals surface area contributed by atoms with Crippen LogP contribution in [0.3, 0.4) is 0 Å². The Kier molecular flexibility index (Phi) is 6.99. The van der Waals surface area contributed by atoms with Crippen molar-refractivity contribution in [1.82, 2.24) is 19.1 Å². The van der Waals surface area contributed by atoms with Gasteiger partial charge in [-0.25, -0.2) is 4.98 Å². The molecule has 0 saturated heterocycles. The number of benzene rings is 6. The molecule has 0 N–H and O–H groups in total. The first-order chi connectivity index (χ1) is 33.3. The molecule has 7 heteroatoms. The molecule has 290 valence electrons. The Morgan fingerprint density at radius 3 is 2.15 bits per heavy atom. The minimum atomic E-state index is -1.68. The topological polar surface area (TPSA) is 48.8 Å². The van der Waals surface area contributed by atoms with E-state index < -0.39 is 72.2 Å². The summed E-state index contributed by atoms with van der Waals surface area (Å²) in [5.74, 6) is 1.11. The fourth-order valence-corrected chi connectivity index (χ4v) is 7.19. The van der Waals surface area contributed by atoms with E-state index in [1.165, 1.54) is 0 Å². The van der Waals surface area contributed by atoms with Gasteiger partial charge in [0.15, 0.2) is 0 Å². The van der Waals surface area contributed by atoms with E-state index in [4.69, 9.17) is 21.2 Å². The van der Waals surface area contributed by atoms with Crippen LogP contribution in [0.15, 0.2) is 170 Å². The maximum atomic E-state index is 8.99. The molecule has 10 rings (SSSR count). The average molecular weight is 957 g/mol. The SMILES string of the molecule is [2H]c1c([2H])c([2H])c(-c2cccc(-c3c([2H])c([2H])c([2H])c([2H])c3[2H])c2-[n+]2[c-]n(-c3[c-]c(Oc4[c-]c5c(cc4)c4ncccc4n5-c4cc(C([2H])([2H])C(C)(C)C)ccn4)ccc3)c3ccccc32)c([2H])c1[2H].[Pt]. The summed E-state index contributed by atoms with van der Waals surface area (Å²) in [6.45, 7) is 5.56. The van der Waals surface area contributed by atoms with Crippen molar-refractivity contribution in [3.8, 4) is 50.9 Å². The zero-order chi connectivity index (χ0) is 49.7. The van der Waals surface area contributed by atoms with Gasteiger partial charge in [-0.15, -0.1) is 24.3 Å². The van der Waals surface area contributed by atoms with Crippen molar-refractivity contribution in [1.29, 1.82) is 0 Å². The molecule has 0 aliphatic rings. The van der Waals surface area contributed by atoms with E-state index in [9.17, 15) is 0 Å². The third-order valence-electron chi connectivity index (χ3n) is 9.47. The molecule has 0 radical (unpaired) electrons. The van der Waals surface area contributed by atoms with Crippen LogP contribution in [0.2, 0.25) is 0 Å². The Hall–Kier alpha value is -6.62. The van der Waals surface area contributed by atoms with Crippen molar-refractivity contribution in [2.45, 2.75) is 27.1 Å². The molecule has 10 aromatic rings. The summed E-state index contributed by atoms with van der Waals surface area (Å²) >= 11 is 0. The first-order valence-corrected chi connectivity index (χ1v) is 18.5. The van der Waals surface area contributed by atoms with E-state index in [-0.39, 0.29) is 49.0 Å². The van der Waals surface area contributed by atoms with Crippen LogP contribution >= 0.6 is 0 Å².